The van der Waals surface area contributed by atoms with Gasteiger partial charge in [-0.1, -0.05) is 42.5 Å². The van der Waals surface area contributed by atoms with E-state index in [0.29, 0.717) is 18.7 Å². The zero-order chi connectivity index (χ0) is 22.1. The van der Waals surface area contributed by atoms with E-state index in [1.165, 1.54) is 38.8 Å². The molecule has 0 fully saturated rings. The molecule has 3 aromatic carbocycles. The summed E-state index contributed by atoms with van der Waals surface area (Å²) in [6.07, 6.45) is 0.691. The number of hydrogen-bond acceptors (Lipinski definition) is 2. The molecule has 0 aliphatic heterocycles. The number of fused-ring (bicyclic) bond motifs is 1. The van der Waals surface area contributed by atoms with E-state index in [1.807, 2.05) is 30.3 Å². The van der Waals surface area contributed by atoms with E-state index >= 15 is 0 Å². The molecule has 0 unspecified atom stereocenters. The number of furan rings is 1. The summed E-state index contributed by atoms with van der Waals surface area (Å²) in [7, 11) is 0. The van der Waals surface area contributed by atoms with Crippen LogP contribution in [0.15, 0.2) is 59.0 Å². The van der Waals surface area contributed by atoms with E-state index in [0.717, 1.165) is 16.7 Å². The molecular weight excluding hydrogens is 382 g/mol. The molecule has 0 spiro atoms. The average molecular weight is 412 g/mol. The Morgan fingerprint density at radius 2 is 1.42 bits per heavy atom. The summed E-state index contributed by atoms with van der Waals surface area (Å²) in [6, 6.07) is 18.0. The van der Waals surface area contributed by atoms with Crippen LogP contribution in [0.3, 0.4) is 0 Å². The number of amides is 1. The minimum absolute atomic E-state index is 0.191. The minimum atomic E-state index is -0.191. The lowest BCUT2D eigenvalue weighted by molar-refractivity contribution is 0.0921. The first-order valence-corrected chi connectivity index (χ1v) is 10.8. The molecule has 4 aromatic rings. The molecular formula is C28H29NO2. The minimum Gasteiger partial charge on any atom is -0.456 e. The molecule has 1 N–H and O–H groups in total. The van der Waals surface area contributed by atoms with Gasteiger partial charge in [-0.25, -0.2) is 0 Å². The van der Waals surface area contributed by atoms with E-state index in [-0.39, 0.29) is 5.91 Å². The van der Waals surface area contributed by atoms with Crippen LogP contribution in [0.5, 0.6) is 0 Å². The van der Waals surface area contributed by atoms with Crippen molar-refractivity contribution in [1.82, 2.24) is 5.32 Å². The lowest BCUT2D eigenvalue weighted by atomic mass is 9.88. The number of hydrogen-bond donors (Lipinski definition) is 1. The number of benzene rings is 3. The highest BCUT2D eigenvalue weighted by molar-refractivity contribution is 5.92. The van der Waals surface area contributed by atoms with Gasteiger partial charge in [0.15, 0.2) is 5.76 Å². The van der Waals surface area contributed by atoms with Gasteiger partial charge in [0.25, 0.3) is 5.91 Å². The van der Waals surface area contributed by atoms with E-state index in [4.69, 9.17) is 4.42 Å². The van der Waals surface area contributed by atoms with Crippen molar-refractivity contribution in [3.8, 4) is 0 Å². The van der Waals surface area contributed by atoms with Gasteiger partial charge in [0.1, 0.15) is 5.76 Å². The maximum atomic E-state index is 12.7. The van der Waals surface area contributed by atoms with Crippen LogP contribution < -0.4 is 5.32 Å². The fourth-order valence-corrected chi connectivity index (χ4v) is 4.32. The van der Waals surface area contributed by atoms with Crippen LogP contribution in [0.2, 0.25) is 0 Å². The fourth-order valence-electron chi connectivity index (χ4n) is 4.32. The third-order valence-electron chi connectivity index (χ3n) is 6.71. The molecule has 1 amide bonds. The Hall–Kier alpha value is -3.33. The van der Waals surface area contributed by atoms with Crippen LogP contribution in [0.4, 0.5) is 0 Å². The van der Waals surface area contributed by atoms with Crippen LogP contribution in [0.1, 0.15) is 55.3 Å². The maximum absolute atomic E-state index is 12.7. The molecule has 158 valence electrons. The Balaban J connectivity index is 1.50. The molecule has 4 rings (SSSR count). The lowest BCUT2D eigenvalue weighted by Gasteiger charge is -2.18. The number of rotatable bonds is 5. The van der Waals surface area contributed by atoms with Crippen molar-refractivity contribution in [3.63, 3.8) is 0 Å². The second-order valence-electron chi connectivity index (χ2n) is 8.37. The van der Waals surface area contributed by atoms with Gasteiger partial charge < -0.3 is 9.73 Å². The smallest absolute Gasteiger partial charge is 0.287 e. The summed E-state index contributed by atoms with van der Waals surface area (Å²) in [5, 5.41) is 5.32. The first-order chi connectivity index (χ1) is 14.9. The van der Waals surface area contributed by atoms with Crippen molar-refractivity contribution < 1.29 is 9.21 Å². The highest BCUT2D eigenvalue weighted by Crippen LogP contribution is 2.28. The van der Waals surface area contributed by atoms with Crippen LogP contribution in [-0.4, -0.2) is 5.91 Å². The van der Waals surface area contributed by atoms with Gasteiger partial charge in [0.2, 0.25) is 0 Å². The summed E-state index contributed by atoms with van der Waals surface area (Å²) in [5.74, 6) is 0.971. The Labute approximate surface area is 184 Å². The van der Waals surface area contributed by atoms with E-state index < -0.39 is 0 Å². The first-order valence-electron chi connectivity index (χ1n) is 10.8. The number of nitrogens with one attached hydrogen (secondary N) is 1. The van der Waals surface area contributed by atoms with Gasteiger partial charge in [-0.15, -0.1) is 0 Å². The largest absolute Gasteiger partial charge is 0.456 e. The standard InChI is InChI=1S/C28H29NO2/c1-17-18(2)20(4)26(21(5)19(17)3)15-24-13-14-27(31-24)28(30)29-16-23-11-8-10-22-9-6-7-12-25(22)23/h6-14H,15-16H2,1-5H3,(H,29,30). The molecule has 0 saturated carbocycles. The van der Waals surface area contributed by atoms with E-state index in [1.54, 1.807) is 6.07 Å². The number of carbonyl (C=O) groups is 1. The quantitative estimate of drug-likeness (QED) is 0.407. The van der Waals surface area contributed by atoms with Crippen molar-refractivity contribution in [2.24, 2.45) is 0 Å². The molecule has 3 nitrogen and oxygen atoms in total. The monoisotopic (exact) mass is 411 g/mol. The summed E-state index contributed by atoms with van der Waals surface area (Å²) in [6.45, 7) is 11.3. The fraction of sp³-hybridized carbons (Fsp3) is 0.250. The zero-order valence-corrected chi connectivity index (χ0v) is 18.9. The molecule has 1 aromatic heterocycles. The zero-order valence-electron chi connectivity index (χ0n) is 18.9. The molecule has 0 aliphatic carbocycles. The van der Waals surface area contributed by atoms with Crippen LogP contribution in [0, 0.1) is 34.6 Å². The van der Waals surface area contributed by atoms with Crippen molar-refractivity contribution in [2.45, 2.75) is 47.6 Å². The highest BCUT2D eigenvalue weighted by atomic mass is 16.3. The second-order valence-corrected chi connectivity index (χ2v) is 8.37. The Morgan fingerprint density at radius 1 is 0.774 bits per heavy atom. The maximum Gasteiger partial charge on any atom is 0.287 e. The van der Waals surface area contributed by atoms with Crippen LogP contribution in [-0.2, 0) is 13.0 Å². The lowest BCUT2D eigenvalue weighted by Crippen LogP contribution is -2.22. The average Bonchev–Trinajstić information content (AvgIpc) is 3.26. The predicted molar refractivity (Wildman–Crippen MR) is 127 cm³/mol. The summed E-state index contributed by atoms with van der Waals surface area (Å²) < 4.78 is 5.93. The molecule has 0 saturated heterocycles. The summed E-state index contributed by atoms with van der Waals surface area (Å²) in [5.41, 5.74) is 9.01. The van der Waals surface area contributed by atoms with E-state index in [2.05, 4.69) is 58.1 Å². The molecule has 0 radical (unpaired) electrons. The Bertz CT molecular complexity index is 1250. The first kappa shape index (κ1) is 20.9. The SMILES string of the molecule is Cc1c(C)c(C)c(Cc2ccc(C(=O)NCc3cccc4ccccc34)o2)c(C)c1C. The third-order valence-corrected chi connectivity index (χ3v) is 6.71. The van der Waals surface area contributed by atoms with Gasteiger partial charge in [-0.2, -0.15) is 0 Å². The molecule has 0 atom stereocenters. The highest BCUT2D eigenvalue weighted by Gasteiger charge is 2.16. The molecule has 1 heterocycles. The Morgan fingerprint density at radius 3 is 2.16 bits per heavy atom. The molecule has 31 heavy (non-hydrogen) atoms. The van der Waals surface area contributed by atoms with Gasteiger partial charge in [-0.3, -0.25) is 4.79 Å². The Kier molecular flexibility index (Phi) is 5.69. The van der Waals surface area contributed by atoms with Gasteiger partial charge in [0, 0.05) is 13.0 Å². The van der Waals surface area contributed by atoms with Crippen LogP contribution in [0.25, 0.3) is 10.8 Å². The van der Waals surface area contributed by atoms with Crippen LogP contribution >= 0.6 is 0 Å². The van der Waals surface area contributed by atoms with Crippen molar-refractivity contribution in [1.29, 1.82) is 0 Å². The van der Waals surface area contributed by atoms with Gasteiger partial charge in [0.05, 0.1) is 0 Å². The number of carbonyl (C=O) groups excluding carboxylic acids is 1. The van der Waals surface area contributed by atoms with Crippen molar-refractivity contribution in [2.75, 3.05) is 0 Å². The summed E-state index contributed by atoms with van der Waals surface area (Å²) in [4.78, 5) is 12.7. The van der Waals surface area contributed by atoms with Gasteiger partial charge >= 0.3 is 0 Å². The van der Waals surface area contributed by atoms with E-state index in [9.17, 15) is 4.79 Å². The molecule has 3 heteroatoms. The van der Waals surface area contributed by atoms with Crippen molar-refractivity contribution in [3.05, 3.63) is 105 Å². The summed E-state index contributed by atoms with van der Waals surface area (Å²) >= 11 is 0. The second kappa shape index (κ2) is 8.43. The molecule has 0 aliphatic rings. The van der Waals surface area contributed by atoms with Crippen molar-refractivity contribution >= 4 is 16.7 Å². The predicted octanol–water partition coefficient (Wildman–Crippen LogP) is 6.50. The molecule has 0 bridgehead atoms. The third kappa shape index (κ3) is 4.00. The van der Waals surface area contributed by atoms with Gasteiger partial charge in [-0.05, 0) is 96.5 Å². The topological polar surface area (TPSA) is 42.2 Å². The normalized spacial score (nSPS) is 11.1.